The molecular formula is C16H21N5O. The van der Waals surface area contributed by atoms with Crippen LogP contribution in [0.4, 0.5) is 0 Å². The Morgan fingerprint density at radius 3 is 2.82 bits per heavy atom. The molecule has 2 heterocycles. The third kappa shape index (κ3) is 3.33. The Labute approximate surface area is 130 Å². The normalized spacial score (nSPS) is 19.3. The monoisotopic (exact) mass is 299 g/mol. The van der Waals surface area contributed by atoms with Crippen LogP contribution in [0.2, 0.25) is 0 Å². The second-order valence-corrected chi connectivity index (χ2v) is 5.69. The Bertz CT molecular complexity index is 598. The number of hydrogen-bond donors (Lipinski definition) is 0. The van der Waals surface area contributed by atoms with Crippen molar-refractivity contribution < 1.29 is 4.79 Å². The molecule has 0 radical (unpaired) electrons. The van der Waals surface area contributed by atoms with Crippen molar-refractivity contribution in [3.8, 4) is 0 Å². The predicted molar refractivity (Wildman–Crippen MR) is 83.0 cm³/mol. The van der Waals surface area contributed by atoms with Crippen LogP contribution in [0.15, 0.2) is 42.7 Å². The van der Waals surface area contributed by atoms with Crippen molar-refractivity contribution in [3.63, 3.8) is 0 Å². The summed E-state index contributed by atoms with van der Waals surface area (Å²) in [7, 11) is 2.10. The van der Waals surface area contributed by atoms with E-state index in [2.05, 4.69) is 34.4 Å². The van der Waals surface area contributed by atoms with Crippen LogP contribution in [0, 0.1) is 0 Å². The highest BCUT2D eigenvalue weighted by Crippen LogP contribution is 2.25. The number of likely N-dealkylation sites (N-methyl/N-ethyl adjacent to an activating group) is 1. The molecule has 0 saturated carbocycles. The number of benzene rings is 1. The van der Waals surface area contributed by atoms with Gasteiger partial charge >= 0.3 is 0 Å². The van der Waals surface area contributed by atoms with E-state index in [9.17, 15) is 4.79 Å². The van der Waals surface area contributed by atoms with Gasteiger partial charge in [-0.25, -0.2) is 0 Å². The predicted octanol–water partition coefficient (Wildman–Crippen LogP) is 1.18. The van der Waals surface area contributed by atoms with Gasteiger partial charge in [-0.1, -0.05) is 35.5 Å². The van der Waals surface area contributed by atoms with Crippen LogP contribution >= 0.6 is 0 Å². The number of carbonyl (C=O) groups excluding carboxylic acids is 1. The van der Waals surface area contributed by atoms with Gasteiger partial charge in [0.15, 0.2) is 0 Å². The molecule has 1 fully saturated rings. The molecule has 1 atom stereocenters. The first kappa shape index (κ1) is 14.7. The van der Waals surface area contributed by atoms with Crippen LogP contribution in [-0.4, -0.2) is 57.4 Å². The number of nitrogens with zero attached hydrogens (tertiary/aromatic N) is 5. The Balaban J connectivity index is 1.70. The van der Waals surface area contributed by atoms with Crippen LogP contribution in [-0.2, 0) is 11.3 Å². The van der Waals surface area contributed by atoms with Crippen molar-refractivity contribution in [2.45, 2.75) is 19.0 Å². The number of amides is 1. The minimum Gasteiger partial charge on any atom is -0.333 e. The number of rotatable bonds is 4. The van der Waals surface area contributed by atoms with Crippen LogP contribution in [0.1, 0.15) is 18.0 Å². The second kappa shape index (κ2) is 6.70. The van der Waals surface area contributed by atoms with Crippen LogP contribution in [0.5, 0.6) is 0 Å². The van der Waals surface area contributed by atoms with Gasteiger partial charge in [-0.2, -0.15) is 0 Å². The zero-order valence-electron chi connectivity index (χ0n) is 12.8. The van der Waals surface area contributed by atoms with Crippen molar-refractivity contribution in [1.29, 1.82) is 0 Å². The number of piperazine rings is 1. The van der Waals surface area contributed by atoms with Crippen molar-refractivity contribution in [2.24, 2.45) is 0 Å². The molecule has 1 amide bonds. The van der Waals surface area contributed by atoms with Gasteiger partial charge in [0.25, 0.3) is 0 Å². The van der Waals surface area contributed by atoms with E-state index in [4.69, 9.17) is 0 Å². The van der Waals surface area contributed by atoms with Gasteiger partial charge in [-0.05, 0) is 12.6 Å². The second-order valence-electron chi connectivity index (χ2n) is 5.69. The molecule has 0 spiro atoms. The summed E-state index contributed by atoms with van der Waals surface area (Å²) < 4.78 is 1.70. The summed E-state index contributed by atoms with van der Waals surface area (Å²) in [5, 5.41) is 7.68. The van der Waals surface area contributed by atoms with Crippen molar-refractivity contribution in [3.05, 3.63) is 48.3 Å². The molecule has 3 rings (SSSR count). The molecule has 0 unspecified atom stereocenters. The topological polar surface area (TPSA) is 54.3 Å². The Kier molecular flexibility index (Phi) is 4.48. The van der Waals surface area contributed by atoms with Crippen molar-refractivity contribution in [1.82, 2.24) is 24.8 Å². The van der Waals surface area contributed by atoms with E-state index in [1.165, 1.54) is 5.56 Å². The van der Waals surface area contributed by atoms with Crippen LogP contribution < -0.4 is 0 Å². The lowest BCUT2D eigenvalue weighted by Gasteiger charge is -2.40. The number of aryl methyl sites for hydroxylation is 1. The third-order valence-electron chi connectivity index (χ3n) is 4.11. The highest BCUT2D eigenvalue weighted by atomic mass is 16.2. The van der Waals surface area contributed by atoms with Crippen molar-refractivity contribution in [2.75, 3.05) is 26.7 Å². The van der Waals surface area contributed by atoms with Crippen LogP contribution in [0.3, 0.4) is 0 Å². The van der Waals surface area contributed by atoms with E-state index >= 15 is 0 Å². The smallest absolute Gasteiger partial charge is 0.225 e. The van der Waals surface area contributed by atoms with E-state index in [0.717, 1.165) is 19.6 Å². The summed E-state index contributed by atoms with van der Waals surface area (Å²) in [6.07, 6.45) is 3.87. The summed E-state index contributed by atoms with van der Waals surface area (Å²) >= 11 is 0. The lowest BCUT2D eigenvalue weighted by molar-refractivity contribution is -0.136. The maximum Gasteiger partial charge on any atom is 0.225 e. The first-order valence-electron chi connectivity index (χ1n) is 7.61. The molecule has 1 aliphatic heterocycles. The summed E-state index contributed by atoms with van der Waals surface area (Å²) in [4.78, 5) is 16.9. The SMILES string of the molecule is CN1CCN(C(=O)CCn2ccnn2)[C@@H](c2ccccc2)C1. The Morgan fingerprint density at radius 1 is 1.27 bits per heavy atom. The van der Waals surface area contributed by atoms with E-state index < -0.39 is 0 Å². The minimum absolute atomic E-state index is 0.128. The molecule has 1 saturated heterocycles. The highest BCUT2D eigenvalue weighted by Gasteiger charge is 2.29. The average molecular weight is 299 g/mol. The number of aromatic nitrogens is 3. The summed E-state index contributed by atoms with van der Waals surface area (Å²) in [6.45, 7) is 3.14. The molecule has 1 aromatic heterocycles. The average Bonchev–Trinajstić information content (AvgIpc) is 3.07. The maximum atomic E-state index is 12.6. The largest absolute Gasteiger partial charge is 0.333 e. The lowest BCUT2D eigenvalue weighted by atomic mass is 10.0. The maximum absolute atomic E-state index is 12.6. The molecule has 6 heteroatoms. The molecule has 0 N–H and O–H groups in total. The molecule has 2 aromatic rings. The molecule has 1 aliphatic rings. The summed E-state index contributed by atoms with van der Waals surface area (Å²) in [5.41, 5.74) is 1.20. The van der Waals surface area contributed by atoms with E-state index in [-0.39, 0.29) is 11.9 Å². The standard InChI is InChI=1S/C16H21N5O/c1-19-11-12-21(15(13-19)14-5-3-2-4-6-14)16(22)7-9-20-10-8-17-18-20/h2-6,8,10,15H,7,9,11-13H2,1H3/t15-/m1/s1. The zero-order chi connectivity index (χ0) is 15.4. The van der Waals surface area contributed by atoms with E-state index in [0.29, 0.717) is 13.0 Å². The molecule has 22 heavy (non-hydrogen) atoms. The molecule has 1 aromatic carbocycles. The Hall–Kier alpha value is -2.21. The van der Waals surface area contributed by atoms with Gasteiger partial charge in [-0.3, -0.25) is 9.48 Å². The highest BCUT2D eigenvalue weighted by molar-refractivity contribution is 5.76. The van der Waals surface area contributed by atoms with Gasteiger partial charge < -0.3 is 9.80 Å². The first-order valence-corrected chi connectivity index (χ1v) is 7.61. The zero-order valence-corrected chi connectivity index (χ0v) is 12.8. The summed E-state index contributed by atoms with van der Waals surface area (Å²) in [6, 6.07) is 10.4. The van der Waals surface area contributed by atoms with Gasteiger partial charge in [0.2, 0.25) is 5.91 Å². The quantitative estimate of drug-likeness (QED) is 0.851. The molecule has 0 aliphatic carbocycles. The fraction of sp³-hybridized carbons (Fsp3) is 0.438. The lowest BCUT2D eigenvalue weighted by Crippen LogP contribution is -2.49. The number of hydrogen-bond acceptors (Lipinski definition) is 4. The van der Waals surface area contributed by atoms with Crippen LogP contribution in [0.25, 0.3) is 0 Å². The first-order chi connectivity index (χ1) is 10.7. The molecular weight excluding hydrogens is 278 g/mol. The van der Waals surface area contributed by atoms with E-state index in [1.54, 1.807) is 17.1 Å². The fourth-order valence-electron chi connectivity index (χ4n) is 2.88. The van der Waals surface area contributed by atoms with Gasteiger partial charge in [0.05, 0.1) is 18.8 Å². The minimum atomic E-state index is 0.128. The van der Waals surface area contributed by atoms with Gasteiger partial charge in [0.1, 0.15) is 0 Å². The Morgan fingerprint density at radius 2 is 2.09 bits per heavy atom. The molecule has 6 nitrogen and oxygen atoms in total. The molecule has 116 valence electrons. The third-order valence-corrected chi connectivity index (χ3v) is 4.11. The van der Waals surface area contributed by atoms with Crippen molar-refractivity contribution >= 4 is 5.91 Å². The fourth-order valence-corrected chi connectivity index (χ4v) is 2.88. The number of carbonyl (C=O) groups is 1. The molecule has 0 bridgehead atoms. The van der Waals surface area contributed by atoms with Gasteiger partial charge in [0, 0.05) is 32.3 Å². The summed E-state index contributed by atoms with van der Waals surface area (Å²) in [5.74, 6) is 0.178. The van der Waals surface area contributed by atoms with E-state index in [1.807, 2.05) is 23.1 Å². The van der Waals surface area contributed by atoms with Gasteiger partial charge in [-0.15, -0.1) is 5.10 Å².